The normalized spacial score (nSPS) is 11.0. The van der Waals surface area contributed by atoms with Crippen molar-refractivity contribution in [3.05, 3.63) is 46.2 Å². The van der Waals surface area contributed by atoms with Gasteiger partial charge in [-0.1, -0.05) is 0 Å². The molecule has 0 atom stereocenters. The Morgan fingerprint density at radius 3 is 3.00 bits per heavy atom. The molecular weight excluding hydrogens is 262 g/mol. The molecule has 0 saturated carbocycles. The third-order valence-electron chi connectivity index (χ3n) is 2.96. The Labute approximate surface area is 113 Å². The fraction of sp³-hybridized carbons (Fsp3) is 0.154. The third-order valence-corrected chi connectivity index (χ3v) is 3.73. The minimum atomic E-state index is -0.929. The predicted molar refractivity (Wildman–Crippen MR) is 72.6 cm³/mol. The maximum Gasteiger partial charge on any atom is 0.335 e. The van der Waals surface area contributed by atoms with Crippen LogP contribution < -0.4 is 0 Å². The van der Waals surface area contributed by atoms with Gasteiger partial charge in [-0.25, -0.2) is 14.8 Å². The van der Waals surface area contributed by atoms with E-state index < -0.39 is 5.97 Å². The second-order valence-corrected chi connectivity index (χ2v) is 5.16. The van der Waals surface area contributed by atoms with Crippen molar-refractivity contribution in [2.75, 3.05) is 0 Å². The van der Waals surface area contributed by atoms with E-state index in [-0.39, 0.29) is 5.56 Å². The number of aromatic nitrogens is 3. The Bertz CT molecular complexity index is 747. The van der Waals surface area contributed by atoms with Crippen molar-refractivity contribution in [2.45, 2.75) is 13.5 Å². The Morgan fingerprint density at radius 1 is 1.47 bits per heavy atom. The summed E-state index contributed by atoms with van der Waals surface area (Å²) in [5.41, 5.74) is 1.90. The van der Waals surface area contributed by atoms with Crippen molar-refractivity contribution >= 4 is 28.3 Å². The zero-order valence-corrected chi connectivity index (χ0v) is 11.0. The van der Waals surface area contributed by atoms with Crippen LogP contribution in [0.5, 0.6) is 0 Å². The Hall–Kier alpha value is -2.21. The predicted octanol–water partition coefficient (Wildman–Crippen LogP) is 2.55. The number of carboxylic acids is 1. The molecule has 1 N–H and O–H groups in total. The van der Waals surface area contributed by atoms with E-state index in [1.165, 1.54) is 0 Å². The highest BCUT2D eigenvalue weighted by molar-refractivity contribution is 7.09. The van der Waals surface area contributed by atoms with Crippen LogP contribution in [0.3, 0.4) is 0 Å². The van der Waals surface area contributed by atoms with Crippen LogP contribution in [0, 0.1) is 6.92 Å². The molecular formula is C13H11N3O2S. The standard InChI is InChI=1S/C13H11N3O2S/c1-8-15-10-3-2-9(13(17)18)6-11(10)16(8)7-12-14-4-5-19-12/h2-6H,7H2,1H3,(H,17,18). The molecule has 2 heterocycles. The summed E-state index contributed by atoms with van der Waals surface area (Å²) in [6.45, 7) is 2.52. The summed E-state index contributed by atoms with van der Waals surface area (Å²) in [5.74, 6) is -0.0747. The first-order valence-corrected chi connectivity index (χ1v) is 6.61. The molecule has 0 bridgehead atoms. The minimum absolute atomic E-state index is 0.271. The van der Waals surface area contributed by atoms with Gasteiger partial charge < -0.3 is 9.67 Å². The molecule has 96 valence electrons. The van der Waals surface area contributed by atoms with Crippen molar-refractivity contribution in [1.29, 1.82) is 0 Å². The van der Waals surface area contributed by atoms with Crippen molar-refractivity contribution in [3.63, 3.8) is 0 Å². The Balaban J connectivity index is 2.14. The maximum absolute atomic E-state index is 11.0. The molecule has 5 nitrogen and oxygen atoms in total. The second-order valence-electron chi connectivity index (χ2n) is 4.18. The second kappa shape index (κ2) is 4.47. The van der Waals surface area contributed by atoms with Crippen molar-refractivity contribution in [2.24, 2.45) is 0 Å². The largest absolute Gasteiger partial charge is 0.478 e. The number of carbonyl (C=O) groups is 1. The SMILES string of the molecule is Cc1nc2ccc(C(=O)O)cc2n1Cc1nccs1. The molecule has 0 aliphatic rings. The van der Waals surface area contributed by atoms with Gasteiger partial charge in [0.15, 0.2) is 0 Å². The van der Waals surface area contributed by atoms with Crippen LogP contribution in [-0.2, 0) is 6.54 Å². The topological polar surface area (TPSA) is 68.0 Å². The number of fused-ring (bicyclic) bond motifs is 1. The number of hydrogen-bond acceptors (Lipinski definition) is 4. The number of imidazole rings is 1. The van der Waals surface area contributed by atoms with Crippen molar-refractivity contribution in [1.82, 2.24) is 14.5 Å². The Morgan fingerprint density at radius 2 is 2.32 bits per heavy atom. The van der Waals surface area contributed by atoms with Crippen molar-refractivity contribution < 1.29 is 9.90 Å². The lowest BCUT2D eigenvalue weighted by Crippen LogP contribution is -2.02. The van der Waals surface area contributed by atoms with Crippen LogP contribution in [0.1, 0.15) is 21.2 Å². The first-order chi connectivity index (χ1) is 9.15. The molecule has 0 radical (unpaired) electrons. The molecule has 3 aromatic rings. The average Bonchev–Trinajstić information content (AvgIpc) is 2.98. The number of thiazole rings is 1. The number of aromatic carboxylic acids is 1. The number of rotatable bonds is 3. The van der Waals surface area contributed by atoms with Crippen molar-refractivity contribution in [3.8, 4) is 0 Å². The first-order valence-electron chi connectivity index (χ1n) is 5.73. The zero-order chi connectivity index (χ0) is 13.4. The summed E-state index contributed by atoms with van der Waals surface area (Å²) in [6.07, 6.45) is 1.76. The lowest BCUT2D eigenvalue weighted by atomic mass is 10.2. The quantitative estimate of drug-likeness (QED) is 0.796. The molecule has 0 aliphatic heterocycles. The highest BCUT2D eigenvalue weighted by atomic mass is 32.1. The summed E-state index contributed by atoms with van der Waals surface area (Å²) in [7, 11) is 0. The average molecular weight is 273 g/mol. The van der Waals surface area contributed by atoms with Gasteiger partial charge in [-0.3, -0.25) is 0 Å². The fourth-order valence-corrected chi connectivity index (χ4v) is 2.65. The molecule has 3 rings (SSSR count). The van der Waals surface area contributed by atoms with Gasteiger partial charge in [-0.15, -0.1) is 11.3 Å². The molecule has 0 saturated heterocycles. The van der Waals surface area contributed by atoms with E-state index in [0.717, 1.165) is 21.9 Å². The highest BCUT2D eigenvalue weighted by Gasteiger charge is 2.11. The van der Waals surface area contributed by atoms with E-state index in [9.17, 15) is 4.79 Å². The van der Waals surface area contributed by atoms with Crippen LogP contribution in [0.15, 0.2) is 29.8 Å². The molecule has 0 fully saturated rings. The molecule has 6 heteroatoms. The summed E-state index contributed by atoms with van der Waals surface area (Å²) in [6, 6.07) is 4.97. The highest BCUT2D eigenvalue weighted by Crippen LogP contribution is 2.20. The van der Waals surface area contributed by atoms with Crippen LogP contribution in [-0.4, -0.2) is 25.6 Å². The first kappa shape index (κ1) is 11.9. The van der Waals surface area contributed by atoms with Crippen LogP contribution in [0.25, 0.3) is 11.0 Å². The summed E-state index contributed by atoms with van der Waals surface area (Å²) in [5, 5.41) is 12.0. The Kier molecular flexibility index (Phi) is 2.79. The molecule has 19 heavy (non-hydrogen) atoms. The van der Waals surface area contributed by atoms with Gasteiger partial charge in [-0.2, -0.15) is 0 Å². The monoisotopic (exact) mass is 273 g/mol. The molecule has 2 aromatic heterocycles. The summed E-state index contributed by atoms with van der Waals surface area (Å²) >= 11 is 1.57. The van der Waals surface area contributed by atoms with Gasteiger partial charge in [0.2, 0.25) is 0 Å². The van der Waals surface area contributed by atoms with Gasteiger partial charge in [0, 0.05) is 11.6 Å². The lowest BCUT2D eigenvalue weighted by Gasteiger charge is -2.04. The number of nitrogens with zero attached hydrogens (tertiary/aromatic N) is 3. The lowest BCUT2D eigenvalue weighted by molar-refractivity contribution is 0.0697. The number of aryl methyl sites for hydroxylation is 1. The van der Waals surface area contributed by atoms with E-state index in [0.29, 0.717) is 6.54 Å². The van der Waals surface area contributed by atoms with Gasteiger partial charge in [0.25, 0.3) is 0 Å². The maximum atomic E-state index is 11.0. The molecule has 0 unspecified atom stereocenters. The van der Waals surface area contributed by atoms with Gasteiger partial charge in [0.1, 0.15) is 10.8 Å². The van der Waals surface area contributed by atoms with E-state index in [1.807, 2.05) is 16.9 Å². The number of carboxylic acid groups (broad SMARTS) is 1. The summed E-state index contributed by atoms with van der Waals surface area (Å²) < 4.78 is 1.99. The van der Waals surface area contributed by atoms with E-state index in [2.05, 4.69) is 9.97 Å². The van der Waals surface area contributed by atoms with E-state index in [4.69, 9.17) is 5.11 Å². The minimum Gasteiger partial charge on any atom is -0.478 e. The fourth-order valence-electron chi connectivity index (χ4n) is 2.04. The van der Waals surface area contributed by atoms with Gasteiger partial charge in [0.05, 0.1) is 23.1 Å². The van der Waals surface area contributed by atoms with Crippen LogP contribution >= 0.6 is 11.3 Å². The third kappa shape index (κ3) is 2.10. The molecule has 0 amide bonds. The number of benzene rings is 1. The zero-order valence-electron chi connectivity index (χ0n) is 10.2. The van der Waals surface area contributed by atoms with Gasteiger partial charge >= 0.3 is 5.97 Å². The van der Waals surface area contributed by atoms with Gasteiger partial charge in [-0.05, 0) is 25.1 Å². The molecule has 1 aromatic carbocycles. The summed E-state index contributed by atoms with van der Waals surface area (Å²) in [4.78, 5) is 19.7. The van der Waals surface area contributed by atoms with Crippen LogP contribution in [0.4, 0.5) is 0 Å². The number of hydrogen-bond donors (Lipinski definition) is 1. The molecule has 0 aliphatic carbocycles. The van der Waals surface area contributed by atoms with E-state index in [1.54, 1.807) is 35.7 Å². The smallest absolute Gasteiger partial charge is 0.335 e. The molecule has 0 spiro atoms. The van der Waals surface area contributed by atoms with E-state index >= 15 is 0 Å². The van der Waals surface area contributed by atoms with Crippen LogP contribution in [0.2, 0.25) is 0 Å².